The predicted octanol–water partition coefficient (Wildman–Crippen LogP) is 2.64. The van der Waals surface area contributed by atoms with Crippen molar-refractivity contribution in [3.63, 3.8) is 0 Å². The predicted molar refractivity (Wildman–Crippen MR) is 91.5 cm³/mol. The molecule has 1 atom stereocenters. The van der Waals surface area contributed by atoms with E-state index in [0.717, 1.165) is 30.8 Å². The molecule has 1 aromatic rings. The Morgan fingerprint density at radius 2 is 2.09 bits per heavy atom. The van der Waals surface area contributed by atoms with Gasteiger partial charge in [0.15, 0.2) is 0 Å². The van der Waals surface area contributed by atoms with Crippen molar-refractivity contribution in [2.45, 2.75) is 39.7 Å². The molecule has 124 valence electrons. The highest BCUT2D eigenvalue weighted by atomic mass is 35.5. The van der Waals surface area contributed by atoms with Gasteiger partial charge < -0.3 is 15.4 Å². The van der Waals surface area contributed by atoms with Crippen molar-refractivity contribution < 1.29 is 9.53 Å². The molecular formula is C17H27ClN2O2. The van der Waals surface area contributed by atoms with E-state index in [-0.39, 0.29) is 29.8 Å². The fourth-order valence-electron chi connectivity index (χ4n) is 2.70. The molecule has 0 aliphatic carbocycles. The second-order valence-corrected chi connectivity index (χ2v) is 6.53. The number of hydrogen-bond donors (Lipinski definition) is 1. The van der Waals surface area contributed by atoms with Crippen LogP contribution in [-0.4, -0.2) is 36.5 Å². The van der Waals surface area contributed by atoms with E-state index in [0.29, 0.717) is 13.0 Å². The van der Waals surface area contributed by atoms with Gasteiger partial charge in [0, 0.05) is 18.7 Å². The van der Waals surface area contributed by atoms with Crippen LogP contribution in [0.3, 0.4) is 0 Å². The molecule has 0 bridgehead atoms. The third kappa shape index (κ3) is 4.62. The number of nitrogens with two attached hydrogens (primary N) is 1. The van der Waals surface area contributed by atoms with Crippen molar-refractivity contribution >= 4 is 18.3 Å². The van der Waals surface area contributed by atoms with Crippen molar-refractivity contribution in [2.24, 2.45) is 11.1 Å². The summed E-state index contributed by atoms with van der Waals surface area (Å²) < 4.78 is 5.78. The van der Waals surface area contributed by atoms with Gasteiger partial charge in [-0.1, -0.05) is 25.1 Å². The maximum absolute atomic E-state index is 12.5. The molecule has 1 aliphatic rings. The number of para-hydroxylation sites is 1. The first-order valence-electron chi connectivity index (χ1n) is 7.66. The first kappa shape index (κ1) is 18.8. The zero-order valence-corrected chi connectivity index (χ0v) is 14.5. The molecule has 1 heterocycles. The van der Waals surface area contributed by atoms with E-state index < -0.39 is 0 Å². The Morgan fingerprint density at radius 1 is 1.41 bits per heavy atom. The Labute approximate surface area is 139 Å². The van der Waals surface area contributed by atoms with E-state index in [1.54, 1.807) is 0 Å². The van der Waals surface area contributed by atoms with E-state index in [4.69, 9.17) is 10.5 Å². The van der Waals surface area contributed by atoms with Gasteiger partial charge in [-0.05, 0) is 38.3 Å². The van der Waals surface area contributed by atoms with Gasteiger partial charge in [0.25, 0.3) is 0 Å². The van der Waals surface area contributed by atoms with Gasteiger partial charge in [0.05, 0.1) is 12.5 Å². The van der Waals surface area contributed by atoms with Gasteiger partial charge in [0.2, 0.25) is 5.91 Å². The zero-order chi connectivity index (χ0) is 15.5. The van der Waals surface area contributed by atoms with Crippen LogP contribution >= 0.6 is 12.4 Å². The number of carbonyl (C=O) groups excluding carboxylic acids is 1. The van der Waals surface area contributed by atoms with Crippen molar-refractivity contribution in [3.05, 3.63) is 29.8 Å². The molecule has 22 heavy (non-hydrogen) atoms. The van der Waals surface area contributed by atoms with E-state index in [1.807, 2.05) is 43.0 Å². The fourth-order valence-corrected chi connectivity index (χ4v) is 2.70. The summed E-state index contributed by atoms with van der Waals surface area (Å²) in [5.41, 5.74) is 6.83. The highest BCUT2D eigenvalue weighted by molar-refractivity contribution is 5.85. The molecule has 1 amide bonds. The van der Waals surface area contributed by atoms with Crippen molar-refractivity contribution in [1.29, 1.82) is 0 Å². The molecule has 1 aromatic carbocycles. The lowest BCUT2D eigenvalue weighted by molar-refractivity contribution is -0.129. The van der Waals surface area contributed by atoms with Crippen molar-refractivity contribution in [3.8, 4) is 5.75 Å². The third-order valence-electron chi connectivity index (χ3n) is 4.08. The first-order chi connectivity index (χ1) is 9.93. The number of rotatable bonds is 5. The molecule has 0 spiro atoms. The molecule has 0 radical (unpaired) electrons. The minimum absolute atomic E-state index is 0. The van der Waals surface area contributed by atoms with Crippen LogP contribution in [0.4, 0.5) is 0 Å². The summed E-state index contributed by atoms with van der Waals surface area (Å²) in [6, 6.07) is 7.78. The Balaban J connectivity index is 0.00000242. The van der Waals surface area contributed by atoms with Gasteiger partial charge >= 0.3 is 0 Å². The summed E-state index contributed by atoms with van der Waals surface area (Å²) in [4.78, 5) is 14.4. The molecule has 0 saturated carbocycles. The van der Waals surface area contributed by atoms with Crippen LogP contribution in [0.25, 0.3) is 0 Å². The molecule has 4 nitrogen and oxygen atoms in total. The molecule has 2 rings (SSSR count). The number of benzene rings is 1. The molecule has 5 heteroatoms. The molecule has 0 aromatic heterocycles. The second-order valence-electron chi connectivity index (χ2n) is 6.53. The topological polar surface area (TPSA) is 55.6 Å². The second kappa shape index (κ2) is 7.84. The number of nitrogens with zero attached hydrogens (tertiary/aromatic N) is 1. The van der Waals surface area contributed by atoms with Crippen molar-refractivity contribution in [1.82, 2.24) is 4.90 Å². The molecular weight excluding hydrogens is 300 g/mol. The zero-order valence-electron chi connectivity index (χ0n) is 13.7. The maximum Gasteiger partial charge on any atom is 0.227 e. The van der Waals surface area contributed by atoms with Crippen LogP contribution in [0.15, 0.2) is 24.3 Å². The van der Waals surface area contributed by atoms with E-state index in [1.165, 1.54) is 0 Å². The fraction of sp³-hybridized carbons (Fsp3) is 0.588. The van der Waals surface area contributed by atoms with Gasteiger partial charge in [0.1, 0.15) is 5.75 Å². The lowest BCUT2D eigenvalue weighted by atomic mass is 9.90. The van der Waals surface area contributed by atoms with Crippen LogP contribution in [0.5, 0.6) is 5.75 Å². The summed E-state index contributed by atoms with van der Waals surface area (Å²) in [6.45, 7) is 8.33. The minimum Gasteiger partial charge on any atom is -0.491 e. The molecule has 1 aliphatic heterocycles. The highest BCUT2D eigenvalue weighted by Crippen LogP contribution is 2.29. The summed E-state index contributed by atoms with van der Waals surface area (Å²) in [6.07, 6.45) is 1.48. The van der Waals surface area contributed by atoms with Gasteiger partial charge in [-0.3, -0.25) is 4.79 Å². The van der Waals surface area contributed by atoms with E-state index >= 15 is 0 Å². The molecule has 1 fully saturated rings. The number of amides is 1. The monoisotopic (exact) mass is 326 g/mol. The Hall–Kier alpha value is -1.26. The highest BCUT2D eigenvalue weighted by Gasteiger charge is 2.34. The number of carbonyl (C=O) groups is 1. The van der Waals surface area contributed by atoms with Gasteiger partial charge in [-0.25, -0.2) is 0 Å². The SMILES string of the molecule is CC(C)Oc1ccccc1CC(=O)N1CCC(C)(CN)C1.Cl. The molecule has 1 saturated heterocycles. The van der Waals surface area contributed by atoms with Crippen molar-refractivity contribution in [2.75, 3.05) is 19.6 Å². The number of likely N-dealkylation sites (tertiary alicyclic amines) is 1. The first-order valence-corrected chi connectivity index (χ1v) is 7.66. The number of ether oxygens (including phenoxy) is 1. The van der Waals surface area contributed by atoms with Crippen LogP contribution in [0, 0.1) is 5.41 Å². The van der Waals surface area contributed by atoms with E-state index in [2.05, 4.69) is 6.92 Å². The van der Waals surface area contributed by atoms with Gasteiger partial charge in [-0.15, -0.1) is 12.4 Å². The minimum atomic E-state index is 0. The summed E-state index contributed by atoms with van der Waals surface area (Å²) in [7, 11) is 0. The van der Waals surface area contributed by atoms with Crippen LogP contribution in [0.2, 0.25) is 0 Å². The van der Waals surface area contributed by atoms with Crippen LogP contribution in [0.1, 0.15) is 32.8 Å². The van der Waals surface area contributed by atoms with Gasteiger partial charge in [-0.2, -0.15) is 0 Å². The largest absolute Gasteiger partial charge is 0.491 e. The lowest BCUT2D eigenvalue weighted by Crippen LogP contribution is -2.35. The molecule has 2 N–H and O–H groups in total. The lowest BCUT2D eigenvalue weighted by Gasteiger charge is -2.23. The Morgan fingerprint density at radius 3 is 2.68 bits per heavy atom. The average Bonchev–Trinajstić information content (AvgIpc) is 2.84. The quantitative estimate of drug-likeness (QED) is 0.905. The summed E-state index contributed by atoms with van der Waals surface area (Å²) in [5.74, 6) is 0.966. The number of hydrogen-bond acceptors (Lipinski definition) is 3. The van der Waals surface area contributed by atoms with E-state index in [9.17, 15) is 4.79 Å². The third-order valence-corrected chi connectivity index (χ3v) is 4.08. The number of halogens is 1. The Bertz CT molecular complexity index is 507. The standard InChI is InChI=1S/C17H26N2O2.ClH/c1-13(2)21-15-7-5-4-6-14(15)10-16(20)19-9-8-17(3,11-18)12-19;/h4-7,13H,8-12,18H2,1-3H3;1H. The van der Waals surface area contributed by atoms with Crippen LogP contribution in [-0.2, 0) is 11.2 Å². The maximum atomic E-state index is 12.5. The van der Waals surface area contributed by atoms with Crippen LogP contribution < -0.4 is 10.5 Å². The smallest absolute Gasteiger partial charge is 0.227 e. The average molecular weight is 327 g/mol. The Kier molecular flexibility index (Phi) is 6.69. The summed E-state index contributed by atoms with van der Waals surface area (Å²) in [5, 5.41) is 0. The normalized spacial score (nSPS) is 20.9. The summed E-state index contributed by atoms with van der Waals surface area (Å²) >= 11 is 0. The molecule has 1 unspecified atom stereocenters.